The normalized spacial score (nSPS) is 11.9. The fourth-order valence-electron chi connectivity index (χ4n) is 3.12. The molecule has 1 aromatic carbocycles. The molecule has 220 valence electrons. The minimum Gasteiger partial charge on any atom is -0.462 e. The second-order valence-electron chi connectivity index (χ2n) is 7.85. The van der Waals surface area contributed by atoms with Gasteiger partial charge in [0.1, 0.15) is 13.2 Å². The van der Waals surface area contributed by atoms with Gasteiger partial charge in [0, 0.05) is 31.3 Å². The zero-order chi connectivity index (χ0) is 30.7. The van der Waals surface area contributed by atoms with E-state index in [0.717, 1.165) is 25.7 Å². The number of rotatable bonds is 14. The molecule has 1 N–H and O–H groups in total. The number of amides is 2. The number of nitrogens with zero attached hydrogens (tertiary/aromatic N) is 1. The van der Waals surface area contributed by atoms with Gasteiger partial charge in [0.25, 0.3) is 11.1 Å². The Morgan fingerprint density at radius 2 is 1.27 bits per heavy atom. The number of hydrogen-bond donors (Lipinski definition) is 1. The Morgan fingerprint density at radius 1 is 0.800 bits per heavy atom. The topological polar surface area (TPSA) is 172 Å². The van der Waals surface area contributed by atoms with Crippen LogP contribution in [-0.4, -0.2) is 79.9 Å². The van der Waals surface area contributed by atoms with Gasteiger partial charge in [-0.3, -0.25) is 33.6 Å². The summed E-state index contributed by atoms with van der Waals surface area (Å²) in [5.74, 6) is -3.33. The van der Waals surface area contributed by atoms with Crippen LogP contribution in [0.2, 0.25) is 0 Å². The predicted molar refractivity (Wildman–Crippen MR) is 165 cm³/mol. The number of ether oxygens (including phenoxy) is 4. The van der Waals surface area contributed by atoms with Crippen molar-refractivity contribution in [3.63, 3.8) is 0 Å². The largest absolute Gasteiger partial charge is 0.462 e. The van der Waals surface area contributed by atoms with Crippen molar-refractivity contribution < 1.29 is 52.5 Å². The summed E-state index contributed by atoms with van der Waals surface area (Å²) < 4.78 is 20.7. The summed E-state index contributed by atoms with van der Waals surface area (Å²) in [7, 11) is 0. The van der Waals surface area contributed by atoms with Crippen molar-refractivity contribution in [1.29, 1.82) is 0 Å². The summed E-state index contributed by atoms with van der Waals surface area (Å²) in [6.07, 6.45) is -1.68. The van der Waals surface area contributed by atoms with Crippen molar-refractivity contribution in [1.82, 2.24) is 5.32 Å². The van der Waals surface area contributed by atoms with E-state index in [2.05, 4.69) is 5.32 Å². The Bertz CT molecular complexity index is 1200. The number of carbonyl (C=O) groups is 7. The molecule has 40 heavy (non-hydrogen) atoms. The first kappa shape index (κ1) is 36.2. The zero-order valence-corrected chi connectivity index (χ0v) is 28.7. The van der Waals surface area contributed by atoms with Crippen LogP contribution >= 0.6 is 79.4 Å². The second-order valence-corrected chi connectivity index (χ2v) is 11.4. The van der Waals surface area contributed by atoms with E-state index in [4.69, 9.17) is 30.5 Å². The van der Waals surface area contributed by atoms with Gasteiger partial charge in [0.05, 0.1) is 37.0 Å². The first-order valence-electron chi connectivity index (χ1n) is 11.1. The summed E-state index contributed by atoms with van der Waals surface area (Å²) >= 11 is 11.3. The lowest BCUT2D eigenvalue weighted by molar-refractivity contribution is -0.155. The molecule has 2 atom stereocenters. The molecule has 0 spiro atoms. The molecule has 2 amide bonds. The molecule has 2 unspecified atom stereocenters. The molecule has 0 heterocycles. The molecule has 17 heteroatoms. The van der Waals surface area contributed by atoms with E-state index in [9.17, 15) is 33.6 Å². The maximum atomic E-state index is 13.3. The Balaban J connectivity index is 3.53. The first-order valence-corrected chi connectivity index (χ1v) is 14.7. The number of halogens is 4. The predicted octanol–water partition coefficient (Wildman–Crippen LogP) is 2.56. The number of benzene rings is 1. The highest BCUT2D eigenvalue weighted by molar-refractivity contribution is 14.1. The van der Waals surface area contributed by atoms with Gasteiger partial charge in [0.15, 0.2) is 12.2 Å². The minimum atomic E-state index is -1.07. The van der Waals surface area contributed by atoms with Gasteiger partial charge < -0.3 is 29.2 Å². The van der Waals surface area contributed by atoms with Crippen molar-refractivity contribution in [3.05, 3.63) is 21.8 Å². The van der Waals surface area contributed by atoms with Crippen molar-refractivity contribution in [2.24, 2.45) is 0 Å². The Kier molecular flexibility index (Phi) is 15.6. The SMILES string of the molecule is CC(=O)OCC(CNC(=O)c1c(I)c(C(=O)Cl)c(I)c(N(C=O)CC(COC(C)=O)OC(C)=O)c1I)OC(C)=O. The van der Waals surface area contributed by atoms with Crippen molar-refractivity contribution in [3.8, 4) is 0 Å². The molecule has 0 bridgehead atoms. The Morgan fingerprint density at radius 3 is 1.73 bits per heavy atom. The molecule has 1 aromatic rings. The highest BCUT2D eigenvalue weighted by atomic mass is 127. The molecule has 0 radical (unpaired) electrons. The quantitative estimate of drug-likeness (QED) is 0.0957. The molecule has 13 nitrogen and oxygen atoms in total. The fraction of sp³-hybridized carbons (Fsp3) is 0.435. The van der Waals surface area contributed by atoms with Crippen LogP contribution in [0.4, 0.5) is 5.69 Å². The molecule has 0 aromatic heterocycles. The Hall–Kier alpha value is -1.81. The van der Waals surface area contributed by atoms with Crippen LogP contribution in [0.5, 0.6) is 0 Å². The maximum absolute atomic E-state index is 13.3. The van der Waals surface area contributed by atoms with Gasteiger partial charge in [-0.2, -0.15) is 0 Å². The lowest BCUT2D eigenvalue weighted by atomic mass is 10.1. The molecule has 0 aliphatic rings. The van der Waals surface area contributed by atoms with Gasteiger partial charge in [-0.1, -0.05) is 0 Å². The van der Waals surface area contributed by atoms with Crippen molar-refractivity contribution >= 4 is 126 Å². The molecule has 0 saturated carbocycles. The van der Waals surface area contributed by atoms with Crippen molar-refractivity contribution in [2.75, 3.05) is 31.2 Å². The number of nitrogens with one attached hydrogen (secondary N) is 1. The number of carbonyl (C=O) groups excluding carboxylic acids is 7. The van der Waals surface area contributed by atoms with Gasteiger partial charge in [-0.15, -0.1) is 0 Å². The van der Waals surface area contributed by atoms with Crippen LogP contribution in [0.15, 0.2) is 0 Å². The third kappa shape index (κ3) is 11.2. The van der Waals surface area contributed by atoms with Gasteiger partial charge in [-0.05, 0) is 79.4 Å². The van der Waals surface area contributed by atoms with Crippen LogP contribution in [-0.2, 0) is 42.9 Å². The van der Waals surface area contributed by atoms with E-state index in [1.54, 1.807) is 45.2 Å². The van der Waals surface area contributed by atoms with Crippen molar-refractivity contribution in [2.45, 2.75) is 39.9 Å². The van der Waals surface area contributed by atoms with Crippen LogP contribution < -0.4 is 10.2 Å². The average Bonchev–Trinajstić information content (AvgIpc) is 2.82. The summed E-state index contributed by atoms with van der Waals surface area (Å²) in [5.41, 5.74) is 0.0310. The molecular formula is C23H24ClI3N2O11. The van der Waals surface area contributed by atoms with E-state index in [1.807, 2.05) is 22.6 Å². The number of anilines is 1. The molecule has 0 aliphatic heterocycles. The third-order valence-corrected chi connectivity index (χ3v) is 8.00. The van der Waals surface area contributed by atoms with Gasteiger partial charge in [0.2, 0.25) is 6.41 Å². The fourth-order valence-corrected chi connectivity index (χ4v) is 8.40. The average molecular weight is 921 g/mol. The third-order valence-electron chi connectivity index (χ3n) is 4.63. The van der Waals surface area contributed by atoms with E-state index in [1.165, 1.54) is 6.92 Å². The smallest absolute Gasteiger partial charge is 0.303 e. The maximum Gasteiger partial charge on any atom is 0.303 e. The van der Waals surface area contributed by atoms with E-state index in [0.29, 0.717) is 6.41 Å². The summed E-state index contributed by atoms with van der Waals surface area (Å²) in [6, 6.07) is 0. The first-order chi connectivity index (χ1) is 18.6. The zero-order valence-electron chi connectivity index (χ0n) is 21.5. The van der Waals surface area contributed by atoms with Crippen LogP contribution in [0.25, 0.3) is 0 Å². The van der Waals surface area contributed by atoms with E-state index in [-0.39, 0.29) is 53.8 Å². The molecule has 0 aliphatic carbocycles. The van der Waals surface area contributed by atoms with Crippen LogP contribution in [0.3, 0.4) is 0 Å². The van der Waals surface area contributed by atoms with Gasteiger partial charge >= 0.3 is 23.9 Å². The lowest BCUT2D eigenvalue weighted by Crippen LogP contribution is -2.40. The molecular weight excluding hydrogens is 896 g/mol. The lowest BCUT2D eigenvalue weighted by Gasteiger charge is -2.27. The molecule has 0 saturated heterocycles. The highest BCUT2D eigenvalue weighted by Crippen LogP contribution is 2.38. The summed E-state index contributed by atoms with van der Waals surface area (Å²) in [4.78, 5) is 84.6. The second kappa shape index (κ2) is 17.2. The number of hydrogen-bond acceptors (Lipinski definition) is 11. The van der Waals surface area contributed by atoms with E-state index < -0.39 is 47.2 Å². The highest BCUT2D eigenvalue weighted by Gasteiger charge is 2.31. The number of esters is 4. The monoisotopic (exact) mass is 920 g/mol. The van der Waals surface area contributed by atoms with Gasteiger partial charge in [-0.25, -0.2) is 0 Å². The van der Waals surface area contributed by atoms with Crippen LogP contribution in [0, 0.1) is 10.7 Å². The molecule has 1 rings (SSSR count). The van der Waals surface area contributed by atoms with E-state index >= 15 is 0 Å². The van der Waals surface area contributed by atoms with Crippen LogP contribution in [0.1, 0.15) is 48.4 Å². The standard InChI is InChI=1S/C23H24ClI3N2O11/c1-10(31)37-7-14(39-12(3)33)5-28-23(36)17-18(25)16(22(24)35)19(26)21(20(17)27)29(9-30)6-15(40-13(4)34)8-38-11(2)32/h9,14-15H,5-8H2,1-4H3,(H,28,36). The Labute approximate surface area is 275 Å². The molecule has 0 fully saturated rings. The summed E-state index contributed by atoms with van der Waals surface area (Å²) in [5, 5.41) is 1.66. The minimum absolute atomic E-state index is 0.0226. The summed E-state index contributed by atoms with van der Waals surface area (Å²) in [6.45, 7) is 3.40.